The fourth-order valence-corrected chi connectivity index (χ4v) is 3.16. The Bertz CT molecular complexity index is 1130. The number of rotatable bonds is 4. The number of H-pyrrole nitrogens is 1. The lowest BCUT2D eigenvalue weighted by Crippen LogP contribution is -2.45. The quantitative estimate of drug-likeness (QED) is 0.517. The Morgan fingerprint density at radius 3 is 2.86 bits per heavy atom. The van der Waals surface area contributed by atoms with Crippen molar-refractivity contribution in [1.82, 2.24) is 10.3 Å². The Morgan fingerprint density at radius 2 is 2.03 bits per heavy atom. The zero-order chi connectivity index (χ0) is 20.4. The molecular weight excluding hydrogens is 444 g/mol. The molecule has 0 radical (unpaired) electrons. The number of azo groups is 1. The van der Waals surface area contributed by atoms with E-state index in [0.29, 0.717) is 22.4 Å². The maximum atomic E-state index is 12.2. The Balaban J connectivity index is 1.36. The van der Waals surface area contributed by atoms with Crippen molar-refractivity contribution >= 4 is 44.3 Å². The summed E-state index contributed by atoms with van der Waals surface area (Å²) in [6, 6.07) is 12.3. The first-order chi connectivity index (χ1) is 14.0. The van der Waals surface area contributed by atoms with Crippen molar-refractivity contribution in [3.05, 3.63) is 46.9 Å². The molecule has 0 bridgehead atoms. The molecule has 0 saturated heterocycles. The molecule has 3 N–H and O–H groups in total. The van der Waals surface area contributed by atoms with Gasteiger partial charge in [-0.1, -0.05) is 28.1 Å². The van der Waals surface area contributed by atoms with Gasteiger partial charge in [-0.05, 0) is 30.3 Å². The van der Waals surface area contributed by atoms with E-state index in [-0.39, 0.29) is 24.7 Å². The number of benzene rings is 2. The van der Waals surface area contributed by atoms with E-state index in [9.17, 15) is 14.7 Å². The minimum atomic E-state index is -0.871. The number of hydrogen-bond donors (Lipinski definition) is 3. The molecular formula is C19H15BrN4O5. The molecule has 1 aliphatic heterocycles. The van der Waals surface area contributed by atoms with Crippen LogP contribution in [0.4, 0.5) is 5.69 Å². The van der Waals surface area contributed by atoms with Crippen LogP contribution in [0.3, 0.4) is 0 Å². The van der Waals surface area contributed by atoms with Crippen molar-refractivity contribution < 1.29 is 24.2 Å². The molecule has 2 heterocycles. The molecule has 2 aromatic carbocycles. The molecule has 1 aliphatic rings. The number of aromatic nitrogens is 1. The van der Waals surface area contributed by atoms with E-state index in [4.69, 9.17) is 9.47 Å². The molecule has 0 aliphatic carbocycles. The highest BCUT2D eigenvalue weighted by Gasteiger charge is 2.27. The van der Waals surface area contributed by atoms with E-state index in [1.165, 1.54) is 0 Å². The molecule has 4 rings (SSSR count). The van der Waals surface area contributed by atoms with E-state index in [2.05, 4.69) is 36.5 Å². The van der Waals surface area contributed by atoms with E-state index in [1.54, 1.807) is 42.5 Å². The monoisotopic (exact) mass is 458 g/mol. The highest BCUT2D eigenvalue weighted by Crippen LogP contribution is 2.36. The smallest absolute Gasteiger partial charge is 0.283 e. The van der Waals surface area contributed by atoms with Crippen LogP contribution in [0.15, 0.2) is 57.2 Å². The predicted molar refractivity (Wildman–Crippen MR) is 107 cm³/mol. The summed E-state index contributed by atoms with van der Waals surface area (Å²) in [5, 5.41) is 20.4. The van der Waals surface area contributed by atoms with Crippen molar-refractivity contribution in [2.24, 2.45) is 10.2 Å². The molecule has 2 amide bonds. The van der Waals surface area contributed by atoms with Gasteiger partial charge in [-0.25, -0.2) is 0 Å². The van der Waals surface area contributed by atoms with Gasteiger partial charge in [0, 0.05) is 9.86 Å². The number of para-hydroxylation sites is 2. The summed E-state index contributed by atoms with van der Waals surface area (Å²) in [6.07, 6.45) is -0.871. The SMILES string of the molecule is O=C(CNC(=O)[C@H]1COc2ccccc2O1)N=Nc1c(O)[nH]c2ccc(Br)cc12. The standard InChI is InChI=1S/C19H15BrN4O5/c20-10-5-6-12-11(7-10)17(19(27)22-12)24-23-16(25)8-21-18(26)15-9-28-13-3-1-2-4-14(13)29-15/h1-7,15,22,27H,8-9H2,(H,21,26)/t15-/m1/s1. The fraction of sp³-hybridized carbons (Fsp3) is 0.158. The van der Waals surface area contributed by atoms with Gasteiger partial charge in [-0.15, -0.1) is 10.2 Å². The van der Waals surface area contributed by atoms with Gasteiger partial charge in [0.25, 0.3) is 11.8 Å². The summed E-state index contributed by atoms with van der Waals surface area (Å²) < 4.78 is 11.8. The van der Waals surface area contributed by atoms with Crippen LogP contribution in [0.2, 0.25) is 0 Å². The largest absolute Gasteiger partial charge is 0.493 e. The third-order valence-corrected chi connectivity index (χ3v) is 4.68. The van der Waals surface area contributed by atoms with E-state index in [0.717, 1.165) is 4.47 Å². The lowest BCUT2D eigenvalue weighted by Gasteiger charge is -2.25. The zero-order valence-corrected chi connectivity index (χ0v) is 16.5. The zero-order valence-electron chi connectivity index (χ0n) is 14.9. The average molecular weight is 459 g/mol. The molecule has 1 aromatic heterocycles. The number of carbonyl (C=O) groups is 2. The van der Waals surface area contributed by atoms with Gasteiger partial charge in [-0.3, -0.25) is 9.59 Å². The number of hydrogen-bond acceptors (Lipinski definition) is 6. The van der Waals surface area contributed by atoms with Gasteiger partial charge in [-0.2, -0.15) is 0 Å². The Morgan fingerprint density at radius 1 is 1.24 bits per heavy atom. The fourth-order valence-electron chi connectivity index (χ4n) is 2.80. The average Bonchev–Trinajstić information content (AvgIpc) is 3.04. The van der Waals surface area contributed by atoms with Gasteiger partial charge in [0.15, 0.2) is 17.2 Å². The van der Waals surface area contributed by atoms with Gasteiger partial charge in [0.05, 0.1) is 5.52 Å². The van der Waals surface area contributed by atoms with Crippen LogP contribution in [0, 0.1) is 0 Å². The van der Waals surface area contributed by atoms with Crippen LogP contribution < -0.4 is 14.8 Å². The number of aromatic hydroxyl groups is 1. The van der Waals surface area contributed by atoms with Crippen molar-refractivity contribution in [1.29, 1.82) is 0 Å². The summed E-state index contributed by atoms with van der Waals surface area (Å²) in [4.78, 5) is 27.0. The predicted octanol–water partition coefficient (Wildman–Crippen LogP) is 3.20. The van der Waals surface area contributed by atoms with Crippen LogP contribution in [0.5, 0.6) is 17.4 Å². The first-order valence-corrected chi connectivity index (χ1v) is 9.41. The van der Waals surface area contributed by atoms with Crippen molar-refractivity contribution in [3.8, 4) is 17.4 Å². The molecule has 0 spiro atoms. The first kappa shape index (κ1) is 18.9. The molecule has 0 unspecified atom stereocenters. The molecule has 0 fully saturated rings. The summed E-state index contributed by atoms with van der Waals surface area (Å²) >= 11 is 3.34. The molecule has 9 nitrogen and oxygen atoms in total. The Labute approximate surface area is 172 Å². The van der Waals surface area contributed by atoms with Gasteiger partial charge < -0.3 is 24.9 Å². The second-order valence-corrected chi connectivity index (χ2v) is 7.10. The number of ether oxygens (including phenoxy) is 2. The summed E-state index contributed by atoms with van der Waals surface area (Å²) in [6.45, 7) is -0.326. The second kappa shape index (κ2) is 7.92. The van der Waals surface area contributed by atoms with Crippen LogP contribution in [0.25, 0.3) is 10.9 Å². The van der Waals surface area contributed by atoms with Crippen LogP contribution in [-0.4, -0.2) is 41.2 Å². The topological polar surface area (TPSA) is 125 Å². The minimum absolute atomic E-state index is 0.0383. The maximum Gasteiger partial charge on any atom is 0.283 e. The number of nitrogens with one attached hydrogen (secondary N) is 2. The summed E-state index contributed by atoms with van der Waals surface area (Å²) in [5.74, 6) is -0.358. The Kier molecular flexibility index (Phi) is 5.17. The van der Waals surface area contributed by atoms with Crippen LogP contribution in [0.1, 0.15) is 0 Å². The van der Waals surface area contributed by atoms with E-state index >= 15 is 0 Å². The molecule has 3 aromatic rings. The molecule has 0 saturated carbocycles. The van der Waals surface area contributed by atoms with Gasteiger partial charge >= 0.3 is 0 Å². The number of aromatic amines is 1. The molecule has 10 heteroatoms. The minimum Gasteiger partial charge on any atom is -0.493 e. The van der Waals surface area contributed by atoms with Crippen LogP contribution in [-0.2, 0) is 9.59 Å². The Hall–Kier alpha value is -3.40. The van der Waals surface area contributed by atoms with Crippen molar-refractivity contribution in [3.63, 3.8) is 0 Å². The molecule has 29 heavy (non-hydrogen) atoms. The summed E-state index contributed by atoms with van der Waals surface area (Å²) in [5.41, 5.74) is 0.789. The number of fused-ring (bicyclic) bond motifs is 2. The lowest BCUT2D eigenvalue weighted by molar-refractivity contribution is -0.132. The lowest BCUT2D eigenvalue weighted by atomic mass is 10.2. The maximum absolute atomic E-state index is 12.2. The second-order valence-electron chi connectivity index (χ2n) is 6.19. The van der Waals surface area contributed by atoms with Crippen LogP contribution >= 0.6 is 15.9 Å². The van der Waals surface area contributed by atoms with E-state index < -0.39 is 17.9 Å². The molecule has 1 atom stereocenters. The highest BCUT2D eigenvalue weighted by atomic mass is 79.9. The third-order valence-electron chi connectivity index (χ3n) is 4.19. The van der Waals surface area contributed by atoms with E-state index in [1.807, 2.05) is 0 Å². The van der Waals surface area contributed by atoms with Crippen molar-refractivity contribution in [2.45, 2.75) is 6.10 Å². The van der Waals surface area contributed by atoms with Crippen molar-refractivity contribution in [2.75, 3.05) is 13.2 Å². The highest BCUT2D eigenvalue weighted by molar-refractivity contribution is 9.10. The first-order valence-electron chi connectivity index (χ1n) is 8.62. The normalized spacial score (nSPS) is 15.6. The van der Waals surface area contributed by atoms with Gasteiger partial charge in [0.1, 0.15) is 13.2 Å². The molecule has 148 valence electrons. The number of amides is 2. The summed E-state index contributed by atoms with van der Waals surface area (Å²) in [7, 11) is 0. The number of halogens is 1. The number of nitrogens with zero attached hydrogens (tertiary/aromatic N) is 2. The third kappa shape index (κ3) is 4.06. The number of carbonyl (C=O) groups excluding carboxylic acids is 2. The van der Waals surface area contributed by atoms with Gasteiger partial charge in [0.2, 0.25) is 12.0 Å².